The number of methoxy groups -OCH3 is 1. The van der Waals surface area contributed by atoms with Gasteiger partial charge in [-0.3, -0.25) is 0 Å². The molecule has 4 nitrogen and oxygen atoms in total. The second kappa shape index (κ2) is 4.46. The van der Waals surface area contributed by atoms with E-state index in [1.165, 1.54) is 5.57 Å². The summed E-state index contributed by atoms with van der Waals surface area (Å²) in [5.74, 6) is 1.55. The SMILES string of the molecule is COc1ccc2oc(C3=CCN(C)CC3)nc2c1. The molecule has 18 heavy (non-hydrogen) atoms. The van der Waals surface area contributed by atoms with E-state index in [9.17, 15) is 0 Å². The van der Waals surface area contributed by atoms with Crippen LogP contribution in [0.4, 0.5) is 0 Å². The van der Waals surface area contributed by atoms with Crippen LogP contribution in [0.1, 0.15) is 12.3 Å². The van der Waals surface area contributed by atoms with Crippen molar-refractivity contribution in [3.05, 3.63) is 30.2 Å². The number of rotatable bonds is 2. The van der Waals surface area contributed by atoms with Gasteiger partial charge in [-0.25, -0.2) is 4.98 Å². The highest BCUT2D eigenvalue weighted by molar-refractivity contribution is 5.77. The molecule has 0 aliphatic carbocycles. The molecule has 2 aromatic rings. The van der Waals surface area contributed by atoms with Crippen molar-refractivity contribution in [3.8, 4) is 5.75 Å². The zero-order valence-electron chi connectivity index (χ0n) is 10.6. The highest BCUT2D eigenvalue weighted by Crippen LogP contribution is 2.27. The molecule has 0 atom stereocenters. The number of hydrogen-bond acceptors (Lipinski definition) is 4. The van der Waals surface area contributed by atoms with Crippen LogP contribution >= 0.6 is 0 Å². The van der Waals surface area contributed by atoms with Gasteiger partial charge in [-0.15, -0.1) is 0 Å². The minimum Gasteiger partial charge on any atom is -0.497 e. The van der Waals surface area contributed by atoms with Crippen LogP contribution in [0, 0.1) is 0 Å². The molecule has 3 rings (SSSR count). The highest BCUT2D eigenvalue weighted by atomic mass is 16.5. The van der Waals surface area contributed by atoms with E-state index in [0.29, 0.717) is 0 Å². The molecule has 1 aliphatic heterocycles. The fraction of sp³-hybridized carbons (Fsp3) is 0.357. The average Bonchev–Trinajstić information content (AvgIpc) is 2.82. The Morgan fingerprint density at radius 1 is 1.39 bits per heavy atom. The molecule has 0 amide bonds. The molecule has 0 unspecified atom stereocenters. The predicted molar refractivity (Wildman–Crippen MR) is 70.7 cm³/mol. The lowest BCUT2D eigenvalue weighted by atomic mass is 10.1. The fourth-order valence-electron chi connectivity index (χ4n) is 2.14. The predicted octanol–water partition coefficient (Wildman–Crippen LogP) is 2.56. The summed E-state index contributed by atoms with van der Waals surface area (Å²) >= 11 is 0. The molecule has 0 radical (unpaired) electrons. The van der Waals surface area contributed by atoms with Crippen LogP contribution < -0.4 is 4.74 Å². The Morgan fingerprint density at radius 2 is 2.28 bits per heavy atom. The molecule has 0 N–H and O–H groups in total. The normalized spacial score (nSPS) is 16.9. The molecule has 1 aliphatic rings. The van der Waals surface area contributed by atoms with Gasteiger partial charge in [0.15, 0.2) is 5.58 Å². The Hall–Kier alpha value is -1.81. The van der Waals surface area contributed by atoms with Gasteiger partial charge in [-0.2, -0.15) is 0 Å². The number of benzene rings is 1. The third kappa shape index (κ3) is 1.99. The van der Waals surface area contributed by atoms with Crippen molar-refractivity contribution in [1.82, 2.24) is 9.88 Å². The maximum Gasteiger partial charge on any atom is 0.222 e. The van der Waals surface area contributed by atoms with Crippen LogP contribution in [0.15, 0.2) is 28.7 Å². The maximum absolute atomic E-state index is 5.79. The molecule has 0 saturated carbocycles. The van der Waals surface area contributed by atoms with Gasteiger partial charge in [0, 0.05) is 24.7 Å². The summed E-state index contributed by atoms with van der Waals surface area (Å²) in [6.07, 6.45) is 3.17. The molecule has 0 fully saturated rings. The third-order valence-electron chi connectivity index (χ3n) is 3.28. The van der Waals surface area contributed by atoms with Crippen LogP contribution in [0.2, 0.25) is 0 Å². The summed E-state index contributed by atoms with van der Waals surface area (Å²) in [5.41, 5.74) is 2.86. The first-order chi connectivity index (χ1) is 8.76. The number of likely N-dealkylation sites (N-methyl/N-ethyl adjacent to an activating group) is 1. The standard InChI is InChI=1S/C14H16N2O2/c1-16-7-5-10(6-8-16)14-15-12-9-11(17-2)3-4-13(12)18-14/h3-5,9H,6-8H2,1-2H3. The summed E-state index contributed by atoms with van der Waals surface area (Å²) in [5, 5.41) is 0. The van der Waals surface area contributed by atoms with Gasteiger partial charge >= 0.3 is 0 Å². The number of aromatic nitrogens is 1. The van der Waals surface area contributed by atoms with E-state index >= 15 is 0 Å². The summed E-state index contributed by atoms with van der Waals surface area (Å²) in [4.78, 5) is 6.81. The van der Waals surface area contributed by atoms with Crippen molar-refractivity contribution in [3.63, 3.8) is 0 Å². The van der Waals surface area contributed by atoms with Crippen molar-refractivity contribution in [1.29, 1.82) is 0 Å². The Kier molecular flexibility index (Phi) is 2.80. The first-order valence-electron chi connectivity index (χ1n) is 6.09. The molecule has 94 valence electrons. The lowest BCUT2D eigenvalue weighted by molar-refractivity contribution is 0.367. The molecule has 0 spiro atoms. The van der Waals surface area contributed by atoms with E-state index in [-0.39, 0.29) is 0 Å². The third-order valence-corrected chi connectivity index (χ3v) is 3.28. The van der Waals surface area contributed by atoms with Gasteiger partial charge in [-0.1, -0.05) is 6.08 Å². The zero-order valence-corrected chi connectivity index (χ0v) is 10.6. The van der Waals surface area contributed by atoms with Crippen molar-refractivity contribution >= 4 is 16.7 Å². The monoisotopic (exact) mass is 244 g/mol. The molecular weight excluding hydrogens is 228 g/mol. The summed E-state index contributed by atoms with van der Waals surface area (Å²) in [6, 6.07) is 5.69. The largest absolute Gasteiger partial charge is 0.497 e. The first-order valence-corrected chi connectivity index (χ1v) is 6.09. The van der Waals surface area contributed by atoms with Gasteiger partial charge in [0.1, 0.15) is 11.3 Å². The Morgan fingerprint density at radius 3 is 3.00 bits per heavy atom. The van der Waals surface area contributed by atoms with Gasteiger partial charge in [0.05, 0.1) is 7.11 Å². The second-order valence-electron chi connectivity index (χ2n) is 4.59. The zero-order chi connectivity index (χ0) is 12.5. The van der Waals surface area contributed by atoms with Crippen LogP contribution in [0.3, 0.4) is 0 Å². The summed E-state index contributed by atoms with van der Waals surface area (Å²) in [6.45, 7) is 2.01. The Balaban J connectivity index is 1.98. The summed E-state index contributed by atoms with van der Waals surface area (Å²) < 4.78 is 11.0. The van der Waals surface area contributed by atoms with E-state index in [4.69, 9.17) is 9.15 Å². The first kappa shape index (κ1) is 11.3. The Labute approximate surface area is 106 Å². The highest BCUT2D eigenvalue weighted by Gasteiger charge is 2.15. The summed E-state index contributed by atoms with van der Waals surface area (Å²) in [7, 11) is 3.77. The number of nitrogens with zero attached hydrogens (tertiary/aromatic N) is 2. The quantitative estimate of drug-likeness (QED) is 0.813. The lowest BCUT2D eigenvalue weighted by Crippen LogP contribution is -2.23. The number of hydrogen-bond donors (Lipinski definition) is 0. The Bertz CT molecular complexity index is 601. The number of fused-ring (bicyclic) bond motifs is 1. The minimum atomic E-state index is 0.742. The van der Waals surface area contributed by atoms with Gasteiger partial charge in [0.25, 0.3) is 0 Å². The molecular formula is C14H16N2O2. The molecule has 1 aromatic carbocycles. The molecule has 2 heterocycles. The van der Waals surface area contributed by atoms with E-state index in [1.807, 2.05) is 18.2 Å². The topological polar surface area (TPSA) is 38.5 Å². The van der Waals surface area contributed by atoms with Crippen LogP contribution in [-0.4, -0.2) is 37.1 Å². The van der Waals surface area contributed by atoms with Crippen molar-refractivity contribution in [2.75, 3.05) is 27.2 Å². The van der Waals surface area contributed by atoms with Crippen molar-refractivity contribution < 1.29 is 9.15 Å². The lowest BCUT2D eigenvalue weighted by Gasteiger charge is -2.20. The van der Waals surface area contributed by atoms with E-state index in [0.717, 1.165) is 42.3 Å². The smallest absolute Gasteiger partial charge is 0.222 e. The molecule has 0 saturated heterocycles. The number of oxazole rings is 1. The van der Waals surface area contributed by atoms with Gasteiger partial charge < -0.3 is 14.1 Å². The van der Waals surface area contributed by atoms with Crippen LogP contribution in [0.5, 0.6) is 5.75 Å². The van der Waals surface area contributed by atoms with E-state index < -0.39 is 0 Å². The number of ether oxygens (including phenoxy) is 1. The fourth-order valence-corrected chi connectivity index (χ4v) is 2.14. The molecule has 4 heteroatoms. The van der Waals surface area contributed by atoms with Gasteiger partial charge in [0.2, 0.25) is 5.89 Å². The van der Waals surface area contributed by atoms with Crippen LogP contribution in [-0.2, 0) is 0 Å². The molecule has 1 aromatic heterocycles. The van der Waals surface area contributed by atoms with Crippen LogP contribution in [0.25, 0.3) is 16.7 Å². The van der Waals surface area contributed by atoms with E-state index in [1.54, 1.807) is 7.11 Å². The van der Waals surface area contributed by atoms with E-state index in [2.05, 4.69) is 23.0 Å². The molecule has 0 bridgehead atoms. The van der Waals surface area contributed by atoms with Crippen molar-refractivity contribution in [2.45, 2.75) is 6.42 Å². The second-order valence-corrected chi connectivity index (χ2v) is 4.59. The minimum absolute atomic E-state index is 0.742. The average molecular weight is 244 g/mol. The van der Waals surface area contributed by atoms with Gasteiger partial charge in [-0.05, 0) is 25.6 Å². The maximum atomic E-state index is 5.79. The van der Waals surface area contributed by atoms with Crippen molar-refractivity contribution in [2.24, 2.45) is 0 Å².